The van der Waals surface area contributed by atoms with E-state index in [4.69, 9.17) is 16.9 Å². The molecule has 6 heteroatoms. The van der Waals surface area contributed by atoms with Crippen LogP contribution in [0.2, 0.25) is 0 Å². The average molecular weight is 557 g/mol. The molecule has 0 atom stereocenters. The quantitative estimate of drug-likeness (QED) is 0.142. The Bertz CT molecular complexity index is 1590. The molecule has 0 amide bonds. The van der Waals surface area contributed by atoms with Crippen molar-refractivity contribution in [1.82, 2.24) is 10.3 Å². The Balaban J connectivity index is 1.45. The monoisotopic (exact) mass is 556 g/mol. The van der Waals surface area contributed by atoms with Gasteiger partial charge in [-0.1, -0.05) is 66.8 Å². The van der Waals surface area contributed by atoms with E-state index >= 15 is 0 Å². The number of hydrogen-bond donors (Lipinski definition) is 6. The summed E-state index contributed by atoms with van der Waals surface area (Å²) in [4.78, 5) is 3.34. The molecule has 42 heavy (non-hydrogen) atoms. The van der Waals surface area contributed by atoms with E-state index in [1.165, 1.54) is 17.4 Å². The summed E-state index contributed by atoms with van der Waals surface area (Å²) in [5.41, 5.74) is 24.6. The van der Waals surface area contributed by atoms with Gasteiger partial charge in [-0.3, -0.25) is 0 Å². The SMILES string of the molecule is C=C1/C=C\c2cc[nH]c2N/C(C2=CCCC=C2N)=C\1CC1=CC=C(C(/C=C(/C/C=C\C=N)C2=CC=CCN2)=C/N)CC1. The number of nitrogens with two attached hydrogens (primary N) is 2. The maximum absolute atomic E-state index is 7.33. The molecule has 0 saturated carbocycles. The Morgan fingerprint density at radius 2 is 1.98 bits per heavy atom. The second-order valence-corrected chi connectivity index (χ2v) is 10.7. The molecule has 5 rings (SSSR count). The lowest BCUT2D eigenvalue weighted by molar-refractivity contribution is 0.868. The predicted octanol–water partition coefficient (Wildman–Crippen LogP) is 7.27. The normalized spacial score (nSPS) is 22.0. The molecule has 3 heterocycles. The molecule has 0 spiro atoms. The summed E-state index contributed by atoms with van der Waals surface area (Å²) < 4.78 is 0. The zero-order valence-corrected chi connectivity index (χ0v) is 24.0. The number of hydrogen-bond acceptors (Lipinski definition) is 5. The Kier molecular flexibility index (Phi) is 9.24. The summed E-state index contributed by atoms with van der Waals surface area (Å²) in [6.07, 6.45) is 35.4. The van der Waals surface area contributed by atoms with Crippen molar-refractivity contribution in [3.63, 3.8) is 0 Å². The van der Waals surface area contributed by atoms with Crippen molar-refractivity contribution in [2.45, 2.75) is 38.5 Å². The van der Waals surface area contributed by atoms with E-state index in [1.54, 1.807) is 12.3 Å². The van der Waals surface area contributed by atoms with Crippen molar-refractivity contribution in [2.24, 2.45) is 11.5 Å². The van der Waals surface area contributed by atoms with E-state index in [-0.39, 0.29) is 0 Å². The number of dihydropyridines is 1. The minimum absolute atomic E-state index is 0.712. The molecule has 0 fully saturated rings. The van der Waals surface area contributed by atoms with Crippen molar-refractivity contribution in [3.8, 4) is 0 Å². The fourth-order valence-electron chi connectivity index (χ4n) is 5.57. The van der Waals surface area contributed by atoms with Crippen LogP contribution in [0.4, 0.5) is 5.82 Å². The highest BCUT2D eigenvalue weighted by atomic mass is 15.0. The van der Waals surface area contributed by atoms with E-state index < -0.39 is 0 Å². The summed E-state index contributed by atoms with van der Waals surface area (Å²) in [6.45, 7) is 5.26. The van der Waals surface area contributed by atoms with Gasteiger partial charge in [-0.15, -0.1) is 0 Å². The van der Waals surface area contributed by atoms with E-state index in [0.29, 0.717) is 6.42 Å². The van der Waals surface area contributed by atoms with Gasteiger partial charge in [0, 0.05) is 47.7 Å². The topological polar surface area (TPSA) is 116 Å². The van der Waals surface area contributed by atoms with E-state index in [2.05, 4.69) is 89.0 Å². The van der Waals surface area contributed by atoms with Crippen LogP contribution in [0.15, 0.2) is 148 Å². The van der Waals surface area contributed by atoms with Gasteiger partial charge >= 0.3 is 0 Å². The molecule has 2 aliphatic carbocycles. The molecule has 2 aliphatic heterocycles. The Morgan fingerprint density at radius 1 is 1.10 bits per heavy atom. The highest BCUT2D eigenvalue weighted by molar-refractivity contribution is 5.74. The number of H-pyrrole nitrogens is 1. The molecular formula is C36H40N6. The number of aromatic amines is 1. The second-order valence-electron chi connectivity index (χ2n) is 10.7. The van der Waals surface area contributed by atoms with Crippen LogP contribution in [0.5, 0.6) is 0 Å². The van der Waals surface area contributed by atoms with E-state index in [0.717, 1.165) is 95.0 Å². The zero-order valence-electron chi connectivity index (χ0n) is 24.0. The van der Waals surface area contributed by atoms with Crippen molar-refractivity contribution in [2.75, 3.05) is 11.9 Å². The summed E-state index contributed by atoms with van der Waals surface area (Å²) in [5.74, 6) is 0.958. The first-order valence-electron chi connectivity index (χ1n) is 14.6. The molecule has 1 aromatic rings. The summed E-state index contributed by atoms with van der Waals surface area (Å²) in [5, 5.41) is 14.5. The van der Waals surface area contributed by atoms with Gasteiger partial charge in [-0.25, -0.2) is 0 Å². The Morgan fingerprint density at radius 3 is 2.71 bits per heavy atom. The minimum Gasteiger partial charge on any atom is -0.404 e. The predicted molar refractivity (Wildman–Crippen MR) is 177 cm³/mol. The lowest BCUT2D eigenvalue weighted by Gasteiger charge is -2.25. The van der Waals surface area contributed by atoms with Gasteiger partial charge in [0.1, 0.15) is 5.82 Å². The molecule has 0 unspecified atom stereocenters. The van der Waals surface area contributed by atoms with Crippen LogP contribution >= 0.6 is 0 Å². The fraction of sp³-hybridized carbons (Fsp3) is 0.194. The molecule has 1 aromatic heterocycles. The van der Waals surface area contributed by atoms with Crippen LogP contribution in [0.3, 0.4) is 0 Å². The third-order valence-electron chi connectivity index (χ3n) is 7.89. The third-order valence-corrected chi connectivity index (χ3v) is 7.89. The average Bonchev–Trinajstić information content (AvgIpc) is 3.46. The van der Waals surface area contributed by atoms with Crippen molar-refractivity contribution < 1.29 is 0 Å². The highest BCUT2D eigenvalue weighted by Gasteiger charge is 2.22. The Labute approximate surface area is 248 Å². The van der Waals surface area contributed by atoms with Crippen LogP contribution in [0, 0.1) is 5.41 Å². The summed E-state index contributed by atoms with van der Waals surface area (Å²) in [7, 11) is 0. The van der Waals surface area contributed by atoms with Crippen LogP contribution in [-0.2, 0) is 0 Å². The van der Waals surface area contributed by atoms with E-state index in [1.807, 2.05) is 12.3 Å². The van der Waals surface area contributed by atoms with Crippen molar-refractivity contribution >= 4 is 18.1 Å². The first-order chi connectivity index (χ1) is 20.6. The molecule has 0 saturated heterocycles. The molecule has 214 valence electrons. The molecule has 8 N–H and O–H groups in total. The van der Waals surface area contributed by atoms with Crippen LogP contribution in [0.25, 0.3) is 6.08 Å². The molecule has 0 aromatic carbocycles. The summed E-state index contributed by atoms with van der Waals surface area (Å²) in [6, 6.07) is 2.06. The second kappa shape index (κ2) is 13.6. The maximum Gasteiger partial charge on any atom is 0.115 e. The maximum atomic E-state index is 7.33. The highest BCUT2D eigenvalue weighted by Crippen LogP contribution is 2.37. The number of allylic oxidation sites excluding steroid dienone is 16. The number of anilines is 1. The van der Waals surface area contributed by atoms with Gasteiger partial charge in [-0.2, -0.15) is 0 Å². The van der Waals surface area contributed by atoms with Crippen LogP contribution in [0.1, 0.15) is 44.1 Å². The first-order valence-corrected chi connectivity index (χ1v) is 14.6. The lowest BCUT2D eigenvalue weighted by Crippen LogP contribution is -2.17. The molecule has 0 radical (unpaired) electrons. The molecule has 6 nitrogen and oxygen atoms in total. The zero-order chi connectivity index (χ0) is 29.3. The van der Waals surface area contributed by atoms with Gasteiger partial charge in [0.25, 0.3) is 0 Å². The largest absolute Gasteiger partial charge is 0.404 e. The number of rotatable bonds is 9. The van der Waals surface area contributed by atoms with Gasteiger partial charge in [0.05, 0.1) is 5.70 Å². The van der Waals surface area contributed by atoms with Gasteiger partial charge < -0.3 is 32.5 Å². The van der Waals surface area contributed by atoms with Crippen LogP contribution < -0.4 is 22.1 Å². The third kappa shape index (κ3) is 6.66. The number of nitrogens with one attached hydrogen (secondary N) is 4. The van der Waals surface area contributed by atoms with Crippen molar-refractivity contribution in [3.05, 3.63) is 154 Å². The van der Waals surface area contributed by atoms with E-state index in [9.17, 15) is 0 Å². The number of fused-ring (bicyclic) bond motifs is 1. The van der Waals surface area contributed by atoms with Crippen LogP contribution in [-0.4, -0.2) is 17.7 Å². The fourth-order valence-corrected chi connectivity index (χ4v) is 5.57. The molecule has 0 bridgehead atoms. The number of aromatic nitrogens is 1. The van der Waals surface area contributed by atoms with Gasteiger partial charge in [0.15, 0.2) is 0 Å². The van der Waals surface area contributed by atoms with Crippen molar-refractivity contribution in [1.29, 1.82) is 5.41 Å². The van der Waals surface area contributed by atoms with Gasteiger partial charge in [-0.05, 0) is 90.7 Å². The standard InChI is InChI=1S/C36H40N6/c1-25-12-15-28-18-21-41-36(28)42-35(31-9-2-3-10-33(31)39)32(25)22-26-13-16-27(17-14-26)30(24-38)23-29(8-4-6-19-37)34-11-5-7-20-40-34/h4-7,9-13,15-16,18-19,21,23-24,37,40-42H,1-3,8,14,17,20,22,38-39H2/b6-4-,15-12-,29-23-,30-24+,35-32-,37-19?. The Hall–Kier alpha value is -4.97. The summed E-state index contributed by atoms with van der Waals surface area (Å²) >= 11 is 0. The lowest BCUT2D eigenvalue weighted by atomic mass is 9.85. The van der Waals surface area contributed by atoms with Gasteiger partial charge in [0.2, 0.25) is 0 Å². The first kappa shape index (κ1) is 28.6. The molecular weight excluding hydrogens is 516 g/mol. The molecule has 4 aliphatic rings. The minimum atomic E-state index is 0.712. The smallest absolute Gasteiger partial charge is 0.115 e.